The zero-order valence-electron chi connectivity index (χ0n) is 4.64. The molecule has 0 aromatic heterocycles. The van der Waals surface area contributed by atoms with Crippen LogP contribution in [-0.2, 0) is 4.74 Å². The Labute approximate surface area is 43.1 Å². The summed E-state index contributed by atoms with van der Waals surface area (Å²) in [7, 11) is 0. The highest BCUT2D eigenvalue weighted by atomic mass is 16.6. The molecule has 1 fully saturated rings. The van der Waals surface area contributed by atoms with Crippen molar-refractivity contribution in [3.63, 3.8) is 0 Å². The zero-order valence-corrected chi connectivity index (χ0v) is 4.64. The van der Waals surface area contributed by atoms with Crippen LogP contribution in [0.1, 0.15) is 13.8 Å². The van der Waals surface area contributed by atoms with Gasteiger partial charge in [-0.15, -0.1) is 0 Å². The van der Waals surface area contributed by atoms with Gasteiger partial charge in [-0.2, -0.15) is 0 Å². The molecule has 0 aromatic carbocycles. The van der Waals surface area contributed by atoms with Crippen molar-refractivity contribution in [2.75, 3.05) is 6.61 Å². The molecule has 0 aromatic rings. The lowest BCUT2D eigenvalue weighted by molar-refractivity contribution is -0.218. The molecular formula is C5H10O2. The predicted molar refractivity (Wildman–Crippen MR) is 26.0 cm³/mol. The maximum Gasteiger partial charge on any atom is 0.106 e. The van der Waals surface area contributed by atoms with Crippen LogP contribution in [0.25, 0.3) is 0 Å². The lowest BCUT2D eigenvalue weighted by Gasteiger charge is -2.40. The molecule has 2 nitrogen and oxygen atoms in total. The molecular weight excluding hydrogens is 92.1 g/mol. The van der Waals surface area contributed by atoms with Gasteiger partial charge < -0.3 is 9.84 Å². The van der Waals surface area contributed by atoms with E-state index in [0.717, 1.165) is 0 Å². The number of aliphatic hydroxyl groups is 1. The van der Waals surface area contributed by atoms with Crippen LogP contribution in [0.3, 0.4) is 0 Å². The number of rotatable bonds is 0. The van der Waals surface area contributed by atoms with Crippen LogP contribution in [0.15, 0.2) is 0 Å². The highest BCUT2D eigenvalue weighted by molar-refractivity contribution is 4.86. The molecule has 1 saturated heterocycles. The Morgan fingerprint density at radius 2 is 2.14 bits per heavy atom. The molecule has 1 unspecified atom stereocenters. The zero-order chi connectivity index (χ0) is 5.49. The SMILES string of the molecule is CC1(C)OCC1O. The largest absolute Gasteiger partial charge is 0.388 e. The van der Waals surface area contributed by atoms with Crippen molar-refractivity contribution < 1.29 is 9.84 Å². The van der Waals surface area contributed by atoms with E-state index in [1.54, 1.807) is 0 Å². The molecule has 0 radical (unpaired) electrons. The molecule has 7 heavy (non-hydrogen) atoms. The summed E-state index contributed by atoms with van der Waals surface area (Å²) in [6.45, 7) is 4.26. The summed E-state index contributed by atoms with van der Waals surface area (Å²) >= 11 is 0. The number of ether oxygens (including phenoxy) is 1. The number of hydrogen-bond donors (Lipinski definition) is 1. The standard InChI is InChI=1S/C5H10O2/c1-5(2)4(6)3-7-5/h4,6H,3H2,1-2H3. The number of hydrogen-bond acceptors (Lipinski definition) is 2. The van der Waals surface area contributed by atoms with Crippen LogP contribution in [0.4, 0.5) is 0 Å². The topological polar surface area (TPSA) is 29.5 Å². The Morgan fingerprint density at radius 3 is 2.14 bits per heavy atom. The fraction of sp³-hybridized carbons (Fsp3) is 1.00. The van der Waals surface area contributed by atoms with E-state index in [-0.39, 0.29) is 11.7 Å². The molecule has 0 aliphatic carbocycles. The van der Waals surface area contributed by atoms with Crippen molar-refractivity contribution in [2.24, 2.45) is 0 Å². The van der Waals surface area contributed by atoms with E-state index in [0.29, 0.717) is 6.61 Å². The first kappa shape index (κ1) is 5.06. The molecule has 0 bridgehead atoms. The van der Waals surface area contributed by atoms with Gasteiger partial charge in [0, 0.05) is 0 Å². The van der Waals surface area contributed by atoms with Crippen LogP contribution in [-0.4, -0.2) is 23.4 Å². The van der Waals surface area contributed by atoms with Crippen LogP contribution in [0.2, 0.25) is 0 Å². The summed E-state index contributed by atoms with van der Waals surface area (Å²) in [6, 6.07) is 0. The van der Waals surface area contributed by atoms with Crippen LogP contribution >= 0.6 is 0 Å². The summed E-state index contributed by atoms with van der Waals surface area (Å²) in [4.78, 5) is 0. The normalized spacial score (nSPS) is 37.3. The Hall–Kier alpha value is -0.0800. The van der Waals surface area contributed by atoms with Crippen molar-refractivity contribution in [1.29, 1.82) is 0 Å². The van der Waals surface area contributed by atoms with Crippen molar-refractivity contribution in [2.45, 2.75) is 25.6 Å². The summed E-state index contributed by atoms with van der Waals surface area (Å²) in [6.07, 6.45) is -0.243. The van der Waals surface area contributed by atoms with Gasteiger partial charge >= 0.3 is 0 Å². The molecule has 0 spiro atoms. The van der Waals surface area contributed by atoms with Crippen LogP contribution < -0.4 is 0 Å². The van der Waals surface area contributed by atoms with Crippen molar-refractivity contribution in [1.82, 2.24) is 0 Å². The molecule has 1 aliphatic rings. The Morgan fingerprint density at radius 1 is 1.71 bits per heavy atom. The second kappa shape index (κ2) is 1.20. The van der Waals surface area contributed by atoms with E-state index < -0.39 is 0 Å². The highest BCUT2D eigenvalue weighted by Gasteiger charge is 2.38. The third-order valence-corrected chi connectivity index (χ3v) is 1.42. The van der Waals surface area contributed by atoms with E-state index in [2.05, 4.69) is 0 Å². The Bertz CT molecular complexity index is 78.1. The summed E-state index contributed by atoms with van der Waals surface area (Å²) < 4.78 is 4.98. The minimum Gasteiger partial charge on any atom is -0.388 e. The lowest BCUT2D eigenvalue weighted by atomic mass is 9.97. The van der Waals surface area contributed by atoms with Gasteiger partial charge in [-0.1, -0.05) is 0 Å². The van der Waals surface area contributed by atoms with Crippen LogP contribution in [0.5, 0.6) is 0 Å². The van der Waals surface area contributed by atoms with E-state index in [4.69, 9.17) is 9.84 Å². The van der Waals surface area contributed by atoms with E-state index in [1.807, 2.05) is 13.8 Å². The Kier molecular flexibility index (Phi) is 0.869. The summed E-state index contributed by atoms with van der Waals surface area (Å²) in [5, 5.41) is 8.85. The van der Waals surface area contributed by atoms with Gasteiger partial charge in [-0.05, 0) is 13.8 Å². The second-order valence-corrected chi connectivity index (χ2v) is 2.43. The first-order valence-corrected chi connectivity index (χ1v) is 2.45. The molecule has 0 amide bonds. The second-order valence-electron chi connectivity index (χ2n) is 2.43. The fourth-order valence-corrected chi connectivity index (χ4v) is 0.491. The predicted octanol–water partition coefficient (Wildman–Crippen LogP) is 0.156. The maximum absolute atomic E-state index is 8.85. The average Bonchev–Trinajstić information content (AvgIpc) is 1.63. The highest BCUT2D eigenvalue weighted by Crippen LogP contribution is 2.24. The molecule has 1 rings (SSSR count). The van der Waals surface area contributed by atoms with E-state index in [9.17, 15) is 0 Å². The molecule has 1 atom stereocenters. The van der Waals surface area contributed by atoms with Gasteiger partial charge in [0.25, 0.3) is 0 Å². The molecule has 2 heteroatoms. The smallest absolute Gasteiger partial charge is 0.106 e. The van der Waals surface area contributed by atoms with Crippen molar-refractivity contribution in [3.05, 3.63) is 0 Å². The molecule has 0 saturated carbocycles. The summed E-state index contributed by atoms with van der Waals surface area (Å²) in [5.41, 5.74) is -0.264. The first-order chi connectivity index (χ1) is 3.13. The minimum absolute atomic E-state index is 0.243. The Balaban J connectivity index is 2.43. The van der Waals surface area contributed by atoms with Gasteiger partial charge in [-0.3, -0.25) is 0 Å². The molecule has 42 valence electrons. The lowest BCUT2D eigenvalue weighted by Crippen LogP contribution is -2.53. The van der Waals surface area contributed by atoms with Gasteiger partial charge in [0.05, 0.1) is 12.2 Å². The summed E-state index contributed by atoms with van der Waals surface area (Å²) in [5.74, 6) is 0. The van der Waals surface area contributed by atoms with Crippen molar-refractivity contribution in [3.8, 4) is 0 Å². The van der Waals surface area contributed by atoms with Crippen LogP contribution in [0, 0.1) is 0 Å². The monoisotopic (exact) mass is 102 g/mol. The molecule has 1 N–H and O–H groups in total. The first-order valence-electron chi connectivity index (χ1n) is 2.45. The van der Waals surface area contributed by atoms with E-state index >= 15 is 0 Å². The van der Waals surface area contributed by atoms with Gasteiger partial charge in [-0.25, -0.2) is 0 Å². The van der Waals surface area contributed by atoms with Gasteiger partial charge in [0.15, 0.2) is 0 Å². The van der Waals surface area contributed by atoms with E-state index in [1.165, 1.54) is 0 Å². The molecule has 1 aliphatic heterocycles. The third-order valence-electron chi connectivity index (χ3n) is 1.42. The minimum atomic E-state index is -0.264. The quantitative estimate of drug-likeness (QED) is 0.472. The number of aliphatic hydroxyl groups excluding tert-OH is 1. The van der Waals surface area contributed by atoms with Gasteiger partial charge in [0.2, 0.25) is 0 Å². The molecule has 1 heterocycles. The fourth-order valence-electron chi connectivity index (χ4n) is 0.491. The third kappa shape index (κ3) is 0.640. The van der Waals surface area contributed by atoms with Gasteiger partial charge in [0.1, 0.15) is 6.10 Å². The average molecular weight is 102 g/mol. The van der Waals surface area contributed by atoms with Crippen molar-refractivity contribution >= 4 is 0 Å². The maximum atomic E-state index is 8.85.